The fraction of sp³-hybridized carbons (Fsp3) is 0.688. The van der Waals surface area contributed by atoms with E-state index in [1.54, 1.807) is 12.4 Å². The maximum atomic E-state index is 12.9. The first kappa shape index (κ1) is 15.2. The van der Waals surface area contributed by atoms with E-state index in [2.05, 4.69) is 21.8 Å². The van der Waals surface area contributed by atoms with Gasteiger partial charge in [0.15, 0.2) is 0 Å². The topological polar surface area (TPSA) is 58.6 Å². The second kappa shape index (κ2) is 6.60. The molecule has 0 saturated carbocycles. The van der Waals surface area contributed by atoms with Gasteiger partial charge in [0.25, 0.3) is 0 Å². The van der Waals surface area contributed by atoms with Gasteiger partial charge in [-0.05, 0) is 32.8 Å². The molecule has 0 N–H and O–H groups in total. The summed E-state index contributed by atoms with van der Waals surface area (Å²) >= 11 is 0. The lowest BCUT2D eigenvalue weighted by Gasteiger charge is -2.41. The molecule has 0 bridgehead atoms. The number of amides is 1. The van der Waals surface area contributed by atoms with Crippen LogP contribution in [0.2, 0.25) is 0 Å². The van der Waals surface area contributed by atoms with Crippen molar-refractivity contribution in [2.75, 3.05) is 31.1 Å². The molecule has 1 amide bonds. The molecule has 6 heteroatoms. The van der Waals surface area contributed by atoms with Crippen LogP contribution in [0.1, 0.15) is 26.7 Å². The predicted octanol–water partition coefficient (Wildman–Crippen LogP) is 1.33. The maximum Gasteiger partial charge on any atom is 0.227 e. The normalized spacial score (nSPS) is 29.5. The second-order valence-electron chi connectivity index (χ2n) is 6.32. The summed E-state index contributed by atoms with van der Waals surface area (Å²) in [5.74, 6) is 1.01. The molecule has 22 heavy (non-hydrogen) atoms. The molecule has 0 aromatic carbocycles. The molecule has 1 aromatic rings. The summed E-state index contributed by atoms with van der Waals surface area (Å²) in [4.78, 5) is 25.6. The summed E-state index contributed by atoms with van der Waals surface area (Å²) in [6.45, 7) is 7.04. The van der Waals surface area contributed by atoms with Crippen molar-refractivity contribution in [2.45, 2.75) is 38.8 Å². The Kier molecular flexibility index (Phi) is 4.57. The third kappa shape index (κ3) is 3.21. The first-order valence-corrected chi connectivity index (χ1v) is 8.09. The predicted molar refractivity (Wildman–Crippen MR) is 83.6 cm³/mol. The highest BCUT2D eigenvalue weighted by atomic mass is 16.5. The first-order valence-electron chi connectivity index (χ1n) is 8.09. The number of carbonyl (C=O) groups is 1. The molecule has 6 nitrogen and oxygen atoms in total. The third-order valence-electron chi connectivity index (χ3n) is 4.50. The van der Waals surface area contributed by atoms with Crippen LogP contribution in [0.4, 0.5) is 5.95 Å². The Bertz CT molecular complexity index is 510. The van der Waals surface area contributed by atoms with Gasteiger partial charge < -0.3 is 14.5 Å². The summed E-state index contributed by atoms with van der Waals surface area (Å²) in [5, 5.41) is 0. The minimum Gasteiger partial charge on any atom is -0.375 e. The Labute approximate surface area is 131 Å². The molecule has 3 heterocycles. The van der Waals surface area contributed by atoms with Crippen LogP contribution in [0.15, 0.2) is 18.5 Å². The lowest BCUT2D eigenvalue weighted by Crippen LogP contribution is -2.54. The van der Waals surface area contributed by atoms with Gasteiger partial charge in [-0.1, -0.05) is 0 Å². The van der Waals surface area contributed by atoms with Crippen molar-refractivity contribution < 1.29 is 9.53 Å². The average Bonchev–Trinajstić information content (AvgIpc) is 2.57. The van der Waals surface area contributed by atoms with Crippen LogP contribution in [-0.2, 0) is 9.53 Å². The fourth-order valence-electron chi connectivity index (χ4n) is 3.26. The quantitative estimate of drug-likeness (QED) is 0.825. The maximum absolute atomic E-state index is 12.9. The van der Waals surface area contributed by atoms with Crippen molar-refractivity contribution in [3.8, 4) is 0 Å². The van der Waals surface area contributed by atoms with Gasteiger partial charge in [0, 0.05) is 32.0 Å². The van der Waals surface area contributed by atoms with E-state index in [-0.39, 0.29) is 24.0 Å². The van der Waals surface area contributed by atoms with E-state index in [0.717, 1.165) is 25.3 Å². The van der Waals surface area contributed by atoms with Crippen LogP contribution in [-0.4, -0.2) is 59.2 Å². The van der Waals surface area contributed by atoms with E-state index in [0.29, 0.717) is 19.7 Å². The molecule has 2 fully saturated rings. The number of morpholine rings is 1. The van der Waals surface area contributed by atoms with Gasteiger partial charge in [-0.25, -0.2) is 9.97 Å². The Morgan fingerprint density at radius 2 is 2.05 bits per heavy atom. The zero-order valence-electron chi connectivity index (χ0n) is 13.3. The van der Waals surface area contributed by atoms with E-state index >= 15 is 0 Å². The Morgan fingerprint density at radius 3 is 2.82 bits per heavy atom. The van der Waals surface area contributed by atoms with Gasteiger partial charge >= 0.3 is 0 Å². The molecule has 0 spiro atoms. The highest BCUT2D eigenvalue weighted by Crippen LogP contribution is 2.24. The van der Waals surface area contributed by atoms with Crippen LogP contribution in [0.3, 0.4) is 0 Å². The van der Waals surface area contributed by atoms with Crippen LogP contribution >= 0.6 is 0 Å². The summed E-state index contributed by atoms with van der Waals surface area (Å²) in [7, 11) is 0. The van der Waals surface area contributed by atoms with Crippen molar-refractivity contribution in [1.29, 1.82) is 0 Å². The van der Waals surface area contributed by atoms with Crippen LogP contribution in [0.5, 0.6) is 0 Å². The minimum absolute atomic E-state index is 0.0327. The highest BCUT2D eigenvalue weighted by Gasteiger charge is 2.34. The van der Waals surface area contributed by atoms with Crippen LogP contribution in [0.25, 0.3) is 0 Å². The molecule has 2 aliphatic heterocycles. The molecular weight excluding hydrogens is 280 g/mol. The molecule has 2 aliphatic rings. The molecule has 0 radical (unpaired) electrons. The van der Waals surface area contributed by atoms with Crippen molar-refractivity contribution in [1.82, 2.24) is 14.9 Å². The lowest BCUT2D eigenvalue weighted by molar-refractivity contribution is -0.147. The number of rotatable bonds is 2. The number of hydrogen-bond donors (Lipinski definition) is 0. The molecular formula is C16H24N4O2. The summed E-state index contributed by atoms with van der Waals surface area (Å²) in [6.07, 6.45) is 5.57. The molecule has 0 unspecified atom stereocenters. The monoisotopic (exact) mass is 304 g/mol. The molecule has 1 aromatic heterocycles. The van der Waals surface area contributed by atoms with E-state index in [9.17, 15) is 4.79 Å². The SMILES string of the molecule is C[C@@H]1CN(C(=O)[C@@H]2CCCN(c3ncccn3)C2)[C@@H](C)CO1. The summed E-state index contributed by atoms with van der Waals surface area (Å²) < 4.78 is 5.62. The Balaban J connectivity index is 1.67. The summed E-state index contributed by atoms with van der Waals surface area (Å²) in [6, 6.07) is 1.97. The number of anilines is 1. The Hall–Kier alpha value is -1.69. The number of aromatic nitrogens is 2. The third-order valence-corrected chi connectivity index (χ3v) is 4.50. The molecule has 3 atom stereocenters. The molecule has 2 saturated heterocycles. The number of hydrogen-bond acceptors (Lipinski definition) is 5. The first-order chi connectivity index (χ1) is 10.6. The standard InChI is InChI=1S/C16H24N4O2/c1-12-11-22-13(2)9-20(12)15(21)14-5-3-8-19(10-14)16-17-6-4-7-18-16/h4,6-7,12-14H,3,5,8-11H2,1-2H3/t12-,13+,14+/m0/s1. The number of ether oxygens (including phenoxy) is 1. The minimum atomic E-state index is 0.0327. The zero-order valence-corrected chi connectivity index (χ0v) is 13.3. The largest absolute Gasteiger partial charge is 0.375 e. The van der Waals surface area contributed by atoms with E-state index in [4.69, 9.17) is 4.74 Å². The number of piperidine rings is 1. The molecule has 3 rings (SSSR count). The van der Waals surface area contributed by atoms with E-state index in [1.165, 1.54) is 0 Å². The van der Waals surface area contributed by atoms with Crippen molar-refractivity contribution >= 4 is 11.9 Å². The van der Waals surface area contributed by atoms with Crippen molar-refractivity contribution in [2.24, 2.45) is 5.92 Å². The smallest absolute Gasteiger partial charge is 0.227 e. The summed E-state index contributed by atoms with van der Waals surface area (Å²) in [5.41, 5.74) is 0. The van der Waals surface area contributed by atoms with E-state index in [1.807, 2.05) is 17.9 Å². The van der Waals surface area contributed by atoms with Crippen molar-refractivity contribution in [3.63, 3.8) is 0 Å². The molecule has 120 valence electrons. The van der Waals surface area contributed by atoms with Gasteiger partial charge in [-0.15, -0.1) is 0 Å². The van der Waals surface area contributed by atoms with Gasteiger partial charge in [0.1, 0.15) is 0 Å². The Morgan fingerprint density at radius 1 is 1.27 bits per heavy atom. The van der Waals surface area contributed by atoms with Crippen LogP contribution in [0, 0.1) is 5.92 Å². The van der Waals surface area contributed by atoms with Crippen LogP contribution < -0.4 is 4.90 Å². The number of carbonyl (C=O) groups excluding carboxylic acids is 1. The average molecular weight is 304 g/mol. The highest BCUT2D eigenvalue weighted by molar-refractivity contribution is 5.80. The number of nitrogens with zero attached hydrogens (tertiary/aromatic N) is 4. The van der Waals surface area contributed by atoms with Gasteiger partial charge in [0.2, 0.25) is 11.9 Å². The van der Waals surface area contributed by atoms with Gasteiger partial charge in [-0.2, -0.15) is 0 Å². The molecule has 0 aliphatic carbocycles. The zero-order chi connectivity index (χ0) is 15.5. The van der Waals surface area contributed by atoms with E-state index < -0.39 is 0 Å². The fourth-order valence-corrected chi connectivity index (χ4v) is 3.26. The second-order valence-corrected chi connectivity index (χ2v) is 6.32. The van der Waals surface area contributed by atoms with Gasteiger partial charge in [0.05, 0.1) is 24.7 Å². The van der Waals surface area contributed by atoms with Gasteiger partial charge in [-0.3, -0.25) is 4.79 Å². The van der Waals surface area contributed by atoms with Crippen molar-refractivity contribution in [3.05, 3.63) is 18.5 Å². The lowest BCUT2D eigenvalue weighted by atomic mass is 9.95.